The molecule has 0 unspecified atom stereocenters. The van der Waals surface area contributed by atoms with E-state index in [0.29, 0.717) is 12.3 Å². The Hall–Kier alpha value is -2.75. The van der Waals surface area contributed by atoms with Crippen LogP contribution < -0.4 is 10.6 Å². The van der Waals surface area contributed by atoms with Crippen LogP contribution in [0.1, 0.15) is 33.7 Å². The average Bonchev–Trinajstić information content (AvgIpc) is 2.97. The summed E-state index contributed by atoms with van der Waals surface area (Å²) in [5, 5.41) is 7.34. The van der Waals surface area contributed by atoms with Crippen molar-refractivity contribution in [2.24, 2.45) is 0 Å². The second-order valence-electron chi connectivity index (χ2n) is 6.36. The Morgan fingerprint density at radius 2 is 1.68 bits per heavy atom. The first-order chi connectivity index (χ1) is 12.1. The number of fused-ring (bicyclic) bond motifs is 1. The van der Waals surface area contributed by atoms with Gasteiger partial charge < -0.3 is 15.1 Å². The van der Waals surface area contributed by atoms with E-state index >= 15 is 0 Å². The maximum atomic E-state index is 12.5. The van der Waals surface area contributed by atoms with E-state index < -0.39 is 0 Å². The highest BCUT2D eigenvalue weighted by atomic mass is 16.3. The lowest BCUT2D eigenvalue weighted by Gasteiger charge is -2.07. The predicted octanol–water partition coefficient (Wildman–Crippen LogP) is 4.59. The molecule has 3 rings (SSSR count). The van der Waals surface area contributed by atoms with Crippen LogP contribution in [0.25, 0.3) is 11.0 Å². The molecule has 4 nitrogen and oxygen atoms in total. The Morgan fingerprint density at radius 3 is 2.40 bits per heavy atom. The molecular formula is C21H24N2O2. The maximum absolute atomic E-state index is 12.5. The Bertz CT molecular complexity index is 882. The van der Waals surface area contributed by atoms with E-state index in [-0.39, 0.29) is 5.91 Å². The summed E-state index contributed by atoms with van der Waals surface area (Å²) < 4.78 is 5.87. The minimum absolute atomic E-state index is 0.146. The minimum atomic E-state index is -0.146. The summed E-state index contributed by atoms with van der Waals surface area (Å²) in [5.74, 6) is 0.274. The van der Waals surface area contributed by atoms with Gasteiger partial charge >= 0.3 is 0 Å². The van der Waals surface area contributed by atoms with Crippen molar-refractivity contribution < 1.29 is 9.21 Å². The van der Waals surface area contributed by atoms with E-state index in [1.807, 2.05) is 57.2 Å². The Morgan fingerprint density at radius 1 is 0.960 bits per heavy atom. The Balaban J connectivity index is 1.58. The molecule has 2 aromatic carbocycles. The molecule has 1 heterocycles. The first-order valence-corrected chi connectivity index (χ1v) is 8.64. The van der Waals surface area contributed by atoms with Crippen LogP contribution in [0.3, 0.4) is 0 Å². The van der Waals surface area contributed by atoms with Gasteiger partial charge in [0.05, 0.1) is 0 Å². The monoisotopic (exact) mass is 336 g/mol. The van der Waals surface area contributed by atoms with E-state index in [1.54, 1.807) is 0 Å². The lowest BCUT2D eigenvalue weighted by atomic mass is 10.0. The van der Waals surface area contributed by atoms with Gasteiger partial charge in [0.15, 0.2) is 5.76 Å². The summed E-state index contributed by atoms with van der Waals surface area (Å²) in [6.07, 6.45) is 0.845. The molecule has 2 N–H and O–H groups in total. The minimum Gasteiger partial charge on any atom is -0.450 e. The lowest BCUT2D eigenvalue weighted by Crippen LogP contribution is -2.26. The van der Waals surface area contributed by atoms with Crippen molar-refractivity contribution in [2.45, 2.75) is 27.2 Å². The van der Waals surface area contributed by atoms with Crippen LogP contribution in [0.5, 0.6) is 0 Å². The molecule has 130 valence electrons. The van der Waals surface area contributed by atoms with Crippen LogP contribution in [-0.2, 0) is 0 Å². The van der Waals surface area contributed by atoms with Gasteiger partial charge in [-0.05, 0) is 50.5 Å². The standard InChI is InChI=1S/C21H24N2O2/c1-14-10-11-15(2)19-18(14)16(3)20(25-19)21(24)23-13-7-12-22-17-8-5-4-6-9-17/h4-6,8-11,22H,7,12-13H2,1-3H3,(H,23,24). The number of hydrogen-bond donors (Lipinski definition) is 2. The summed E-state index contributed by atoms with van der Waals surface area (Å²) in [7, 11) is 0. The number of carbonyl (C=O) groups is 1. The van der Waals surface area contributed by atoms with Gasteiger partial charge in [0, 0.05) is 29.7 Å². The van der Waals surface area contributed by atoms with E-state index in [9.17, 15) is 4.79 Å². The first-order valence-electron chi connectivity index (χ1n) is 8.64. The first kappa shape index (κ1) is 17.1. The van der Waals surface area contributed by atoms with Crippen molar-refractivity contribution >= 4 is 22.6 Å². The molecule has 0 bridgehead atoms. The molecule has 1 amide bonds. The van der Waals surface area contributed by atoms with E-state index in [0.717, 1.165) is 46.3 Å². The summed E-state index contributed by atoms with van der Waals surface area (Å²) in [6.45, 7) is 7.40. The molecule has 3 aromatic rings. The molecule has 0 saturated heterocycles. The smallest absolute Gasteiger partial charge is 0.287 e. The largest absolute Gasteiger partial charge is 0.450 e. The third-order valence-electron chi connectivity index (χ3n) is 4.43. The topological polar surface area (TPSA) is 54.3 Å². The molecule has 0 radical (unpaired) electrons. The summed E-state index contributed by atoms with van der Waals surface area (Å²) in [6, 6.07) is 14.1. The Labute approximate surface area is 148 Å². The van der Waals surface area contributed by atoms with Gasteiger partial charge in [-0.25, -0.2) is 0 Å². The predicted molar refractivity (Wildman–Crippen MR) is 102 cm³/mol. The number of furan rings is 1. The van der Waals surface area contributed by atoms with E-state index in [1.165, 1.54) is 0 Å². The zero-order chi connectivity index (χ0) is 17.8. The number of para-hydroxylation sites is 1. The molecule has 0 fully saturated rings. The fraction of sp³-hybridized carbons (Fsp3) is 0.286. The number of carbonyl (C=O) groups excluding carboxylic acids is 1. The second-order valence-corrected chi connectivity index (χ2v) is 6.36. The summed E-state index contributed by atoms with van der Waals surface area (Å²) in [5.41, 5.74) is 5.00. The van der Waals surface area contributed by atoms with Crippen LogP contribution in [0.2, 0.25) is 0 Å². The number of anilines is 1. The number of benzene rings is 2. The maximum Gasteiger partial charge on any atom is 0.287 e. The van der Waals surface area contributed by atoms with Crippen LogP contribution in [0.15, 0.2) is 46.9 Å². The van der Waals surface area contributed by atoms with Crippen molar-refractivity contribution in [1.29, 1.82) is 0 Å². The molecule has 0 aliphatic rings. The van der Waals surface area contributed by atoms with Gasteiger partial charge in [0.2, 0.25) is 0 Å². The van der Waals surface area contributed by atoms with Crippen LogP contribution >= 0.6 is 0 Å². The second kappa shape index (κ2) is 7.43. The SMILES string of the molecule is Cc1ccc(C)c2c(C)c(C(=O)NCCCNc3ccccc3)oc12. The van der Waals surface area contributed by atoms with Crippen molar-refractivity contribution in [3.05, 3.63) is 64.9 Å². The molecule has 0 atom stereocenters. The van der Waals surface area contributed by atoms with Crippen molar-refractivity contribution in [1.82, 2.24) is 5.32 Å². The number of rotatable bonds is 6. The quantitative estimate of drug-likeness (QED) is 0.647. The summed E-state index contributed by atoms with van der Waals surface area (Å²) >= 11 is 0. The van der Waals surface area contributed by atoms with E-state index in [4.69, 9.17) is 4.42 Å². The molecule has 4 heteroatoms. The van der Waals surface area contributed by atoms with E-state index in [2.05, 4.69) is 16.7 Å². The zero-order valence-electron chi connectivity index (χ0n) is 15.0. The third-order valence-corrected chi connectivity index (χ3v) is 4.43. The van der Waals surface area contributed by atoms with Gasteiger partial charge in [-0.2, -0.15) is 0 Å². The highest BCUT2D eigenvalue weighted by molar-refractivity contribution is 6.00. The number of hydrogen-bond acceptors (Lipinski definition) is 3. The zero-order valence-corrected chi connectivity index (χ0v) is 15.0. The van der Waals surface area contributed by atoms with Gasteiger partial charge in [0.25, 0.3) is 5.91 Å². The molecule has 0 saturated carbocycles. The van der Waals surface area contributed by atoms with Crippen LogP contribution in [-0.4, -0.2) is 19.0 Å². The molecule has 0 aliphatic carbocycles. The number of aryl methyl sites for hydroxylation is 3. The molecule has 0 aliphatic heterocycles. The van der Waals surface area contributed by atoms with Gasteiger partial charge in [-0.1, -0.05) is 30.3 Å². The van der Waals surface area contributed by atoms with Gasteiger partial charge in [-0.15, -0.1) is 0 Å². The molecule has 0 spiro atoms. The molecule has 25 heavy (non-hydrogen) atoms. The highest BCUT2D eigenvalue weighted by Crippen LogP contribution is 2.30. The average molecular weight is 336 g/mol. The van der Waals surface area contributed by atoms with Crippen molar-refractivity contribution in [2.75, 3.05) is 18.4 Å². The Kier molecular flexibility index (Phi) is 5.08. The summed E-state index contributed by atoms with van der Waals surface area (Å²) in [4.78, 5) is 12.5. The number of nitrogens with one attached hydrogen (secondary N) is 2. The highest BCUT2D eigenvalue weighted by Gasteiger charge is 2.19. The fourth-order valence-corrected chi connectivity index (χ4v) is 3.05. The number of amides is 1. The van der Waals surface area contributed by atoms with Crippen molar-refractivity contribution in [3.63, 3.8) is 0 Å². The lowest BCUT2D eigenvalue weighted by molar-refractivity contribution is 0.0927. The van der Waals surface area contributed by atoms with Gasteiger partial charge in [-0.3, -0.25) is 4.79 Å². The normalized spacial score (nSPS) is 10.8. The van der Waals surface area contributed by atoms with Crippen LogP contribution in [0, 0.1) is 20.8 Å². The third kappa shape index (κ3) is 3.68. The van der Waals surface area contributed by atoms with Gasteiger partial charge in [0.1, 0.15) is 5.58 Å². The fourth-order valence-electron chi connectivity index (χ4n) is 3.05. The van der Waals surface area contributed by atoms with Crippen molar-refractivity contribution in [3.8, 4) is 0 Å². The molecule has 1 aromatic heterocycles. The van der Waals surface area contributed by atoms with Crippen LogP contribution in [0.4, 0.5) is 5.69 Å². The molecular weight excluding hydrogens is 312 g/mol.